The summed E-state index contributed by atoms with van der Waals surface area (Å²) in [7, 11) is 0. The summed E-state index contributed by atoms with van der Waals surface area (Å²) in [6.45, 7) is 7.71. The van der Waals surface area contributed by atoms with E-state index in [0.29, 0.717) is 25.9 Å². The van der Waals surface area contributed by atoms with Crippen molar-refractivity contribution in [2.45, 2.75) is 121 Å². The highest BCUT2D eigenvalue weighted by molar-refractivity contribution is 4.67. The lowest BCUT2D eigenvalue weighted by molar-refractivity contribution is -0.163. The van der Waals surface area contributed by atoms with Crippen LogP contribution in [0.3, 0.4) is 0 Å². The van der Waals surface area contributed by atoms with Gasteiger partial charge in [0.2, 0.25) is 0 Å². The maximum absolute atomic E-state index is 6.17. The van der Waals surface area contributed by atoms with Crippen LogP contribution in [0.25, 0.3) is 0 Å². The largest absolute Gasteiger partial charge is 0.379 e. The minimum Gasteiger partial charge on any atom is -0.379 e. The van der Waals surface area contributed by atoms with Gasteiger partial charge in [-0.25, -0.2) is 0 Å². The smallest absolute Gasteiger partial charge is 0.157 e. The summed E-state index contributed by atoms with van der Waals surface area (Å²) in [5.41, 5.74) is 0. The Hall–Kier alpha value is -0.320. The average molecular weight is 531 g/mol. The Balaban J connectivity index is 1.13. The molecule has 8 nitrogen and oxygen atoms in total. The molecule has 3 rings (SSSR count). The first-order valence-corrected chi connectivity index (χ1v) is 15.3. The highest BCUT2D eigenvalue weighted by Crippen LogP contribution is 2.16. The van der Waals surface area contributed by atoms with E-state index in [2.05, 4.69) is 0 Å². The molecule has 0 radical (unpaired) electrons. The number of hydrogen-bond donors (Lipinski definition) is 0. The minimum absolute atomic E-state index is 0.0295. The zero-order chi connectivity index (χ0) is 25.6. The van der Waals surface area contributed by atoms with Crippen molar-refractivity contribution in [2.24, 2.45) is 0 Å². The molecule has 3 aliphatic rings. The lowest BCUT2D eigenvalue weighted by atomic mass is 10.2. The van der Waals surface area contributed by atoms with Gasteiger partial charge in [-0.3, -0.25) is 0 Å². The Morgan fingerprint density at radius 1 is 0.595 bits per heavy atom. The molecule has 0 amide bonds. The van der Waals surface area contributed by atoms with Crippen molar-refractivity contribution in [1.82, 2.24) is 0 Å². The molecule has 0 spiro atoms. The number of unbranched alkanes of at least 4 members (excludes halogenated alkanes) is 6. The van der Waals surface area contributed by atoms with E-state index >= 15 is 0 Å². The van der Waals surface area contributed by atoms with Gasteiger partial charge in [0.1, 0.15) is 6.10 Å². The number of rotatable bonds is 24. The molecule has 4 atom stereocenters. The fourth-order valence-electron chi connectivity index (χ4n) is 4.61. The second kappa shape index (κ2) is 21.5. The van der Waals surface area contributed by atoms with E-state index in [1.807, 2.05) is 0 Å². The summed E-state index contributed by atoms with van der Waals surface area (Å²) in [5.74, 6) is 0. The topological polar surface area (TPSA) is 77.1 Å². The van der Waals surface area contributed by atoms with E-state index in [4.69, 9.17) is 37.9 Å². The number of epoxide rings is 1. The van der Waals surface area contributed by atoms with Crippen LogP contribution < -0.4 is 0 Å². The predicted molar refractivity (Wildman–Crippen MR) is 142 cm³/mol. The Kier molecular flexibility index (Phi) is 18.1. The first-order valence-electron chi connectivity index (χ1n) is 15.3. The van der Waals surface area contributed by atoms with Gasteiger partial charge in [0.25, 0.3) is 0 Å². The molecule has 0 bridgehead atoms. The third kappa shape index (κ3) is 17.1. The Morgan fingerprint density at radius 2 is 1.19 bits per heavy atom. The normalized spacial score (nSPS) is 24.8. The summed E-state index contributed by atoms with van der Waals surface area (Å²) < 4.78 is 45.9. The molecule has 0 aromatic carbocycles. The van der Waals surface area contributed by atoms with Crippen molar-refractivity contribution >= 4 is 0 Å². The van der Waals surface area contributed by atoms with Gasteiger partial charge in [0.15, 0.2) is 12.6 Å². The van der Waals surface area contributed by atoms with Gasteiger partial charge in [-0.1, -0.05) is 25.7 Å². The first kappa shape index (κ1) is 31.2. The van der Waals surface area contributed by atoms with Crippen molar-refractivity contribution < 1.29 is 37.9 Å². The molecular weight excluding hydrogens is 476 g/mol. The number of hydrogen-bond acceptors (Lipinski definition) is 8. The van der Waals surface area contributed by atoms with E-state index in [-0.39, 0.29) is 18.7 Å². The van der Waals surface area contributed by atoms with Crippen LogP contribution in [0.15, 0.2) is 0 Å². The molecule has 4 unspecified atom stereocenters. The number of ether oxygens (including phenoxy) is 8. The van der Waals surface area contributed by atoms with Gasteiger partial charge in [-0.2, -0.15) is 0 Å². The van der Waals surface area contributed by atoms with Crippen LogP contribution >= 0.6 is 0 Å². The second-order valence-electron chi connectivity index (χ2n) is 10.5. The SMILES string of the molecule is C(CCCOC1CCCCO1)CCOCC(CCOCC1CO1)OCCCCCCOC1CCCCO1. The highest BCUT2D eigenvalue weighted by Gasteiger charge is 2.22. The van der Waals surface area contributed by atoms with Crippen LogP contribution in [-0.4, -0.2) is 90.9 Å². The zero-order valence-electron chi connectivity index (χ0n) is 23.3. The monoisotopic (exact) mass is 530 g/mol. The molecule has 3 fully saturated rings. The van der Waals surface area contributed by atoms with E-state index in [1.54, 1.807) is 0 Å². The summed E-state index contributed by atoms with van der Waals surface area (Å²) in [6, 6.07) is 0. The third-order valence-corrected chi connectivity index (χ3v) is 7.05. The van der Waals surface area contributed by atoms with Gasteiger partial charge in [0, 0.05) is 46.2 Å². The van der Waals surface area contributed by atoms with Gasteiger partial charge >= 0.3 is 0 Å². The van der Waals surface area contributed by atoms with Gasteiger partial charge in [-0.05, 0) is 70.6 Å². The molecule has 0 saturated carbocycles. The summed E-state index contributed by atoms with van der Waals surface area (Å²) in [4.78, 5) is 0. The van der Waals surface area contributed by atoms with Crippen LogP contribution in [0, 0.1) is 0 Å². The minimum atomic E-state index is 0.0295. The maximum atomic E-state index is 6.17. The van der Waals surface area contributed by atoms with Crippen LogP contribution in [0.2, 0.25) is 0 Å². The van der Waals surface area contributed by atoms with Gasteiger partial charge < -0.3 is 37.9 Å². The Morgan fingerprint density at radius 3 is 1.76 bits per heavy atom. The molecule has 0 aromatic rings. The van der Waals surface area contributed by atoms with Crippen molar-refractivity contribution in [3.05, 3.63) is 0 Å². The molecule has 37 heavy (non-hydrogen) atoms. The van der Waals surface area contributed by atoms with Crippen molar-refractivity contribution in [1.29, 1.82) is 0 Å². The molecule has 3 heterocycles. The molecule has 0 aromatic heterocycles. The van der Waals surface area contributed by atoms with Crippen LogP contribution in [0.4, 0.5) is 0 Å². The summed E-state index contributed by atoms with van der Waals surface area (Å²) in [6.07, 6.45) is 17.2. The summed E-state index contributed by atoms with van der Waals surface area (Å²) >= 11 is 0. The van der Waals surface area contributed by atoms with Crippen LogP contribution in [-0.2, 0) is 37.9 Å². The molecule has 0 aliphatic carbocycles. The zero-order valence-corrected chi connectivity index (χ0v) is 23.3. The molecule has 3 saturated heterocycles. The molecule has 218 valence electrons. The van der Waals surface area contributed by atoms with Gasteiger partial charge in [-0.15, -0.1) is 0 Å². The lowest BCUT2D eigenvalue weighted by Gasteiger charge is -2.22. The van der Waals surface area contributed by atoms with E-state index < -0.39 is 0 Å². The summed E-state index contributed by atoms with van der Waals surface area (Å²) in [5, 5.41) is 0. The van der Waals surface area contributed by atoms with E-state index in [0.717, 1.165) is 97.6 Å². The Labute approximate surface area is 225 Å². The predicted octanol–water partition coefficient (Wildman–Crippen LogP) is 5.40. The fourth-order valence-corrected chi connectivity index (χ4v) is 4.61. The van der Waals surface area contributed by atoms with Crippen molar-refractivity contribution in [3.63, 3.8) is 0 Å². The van der Waals surface area contributed by atoms with Crippen molar-refractivity contribution in [3.8, 4) is 0 Å². The average Bonchev–Trinajstić information content (AvgIpc) is 3.77. The molecule has 0 N–H and O–H groups in total. The van der Waals surface area contributed by atoms with Crippen LogP contribution in [0.5, 0.6) is 0 Å². The first-order chi connectivity index (χ1) is 18.4. The van der Waals surface area contributed by atoms with Gasteiger partial charge in [0.05, 0.1) is 25.9 Å². The quantitative estimate of drug-likeness (QED) is 0.121. The molecule has 8 heteroatoms. The lowest BCUT2D eigenvalue weighted by Crippen LogP contribution is -2.23. The van der Waals surface area contributed by atoms with E-state index in [1.165, 1.54) is 44.9 Å². The molecular formula is C29H54O8. The van der Waals surface area contributed by atoms with Crippen LogP contribution in [0.1, 0.15) is 96.3 Å². The van der Waals surface area contributed by atoms with E-state index in [9.17, 15) is 0 Å². The Bertz CT molecular complexity index is 506. The third-order valence-electron chi connectivity index (χ3n) is 7.05. The highest BCUT2D eigenvalue weighted by atomic mass is 16.7. The standard InChI is InChI=1S/C29H54O8/c1(2-9-18-33-28-13-5-11-20-35-28)7-16-30-23-26(15-22-31-24-27-25-37-27)32-17-8-3-4-10-19-34-29-14-6-12-21-36-29/h26-29H,1-25H2. The maximum Gasteiger partial charge on any atom is 0.157 e. The second-order valence-corrected chi connectivity index (χ2v) is 10.5. The van der Waals surface area contributed by atoms with Crippen molar-refractivity contribution in [2.75, 3.05) is 66.1 Å². The molecule has 3 aliphatic heterocycles. The fraction of sp³-hybridized carbons (Fsp3) is 1.00.